The molecule has 0 saturated heterocycles. The summed E-state index contributed by atoms with van der Waals surface area (Å²) >= 11 is 0. The second-order valence-electron chi connectivity index (χ2n) is 3.30. The highest BCUT2D eigenvalue weighted by Crippen LogP contribution is 2.30. The molecule has 0 spiro atoms. The second-order valence-corrected chi connectivity index (χ2v) is 3.30. The Balaban J connectivity index is 3.34. The van der Waals surface area contributed by atoms with Gasteiger partial charge in [0.15, 0.2) is 0 Å². The number of hydrogen-bond acceptors (Lipinski definition) is 3. The Morgan fingerprint density at radius 2 is 1.94 bits per heavy atom. The minimum Gasteiger partial charge on any atom is -0.497 e. The number of alkyl halides is 3. The molecule has 3 nitrogen and oxygen atoms in total. The maximum atomic E-state index is 12.5. The molecule has 17 heavy (non-hydrogen) atoms. The van der Waals surface area contributed by atoms with Crippen LogP contribution in [0.2, 0.25) is 0 Å². The van der Waals surface area contributed by atoms with Crippen LogP contribution in [0.1, 0.15) is 11.1 Å². The third kappa shape index (κ3) is 3.01. The lowest BCUT2D eigenvalue weighted by Gasteiger charge is -2.14. The van der Waals surface area contributed by atoms with Crippen molar-refractivity contribution in [3.8, 4) is 0 Å². The summed E-state index contributed by atoms with van der Waals surface area (Å²) in [7, 11) is -0.657. The summed E-state index contributed by atoms with van der Waals surface area (Å²) in [5.41, 5.74) is -1.09. The average molecular weight is 246 g/mol. The van der Waals surface area contributed by atoms with Gasteiger partial charge < -0.3 is 14.8 Å². The van der Waals surface area contributed by atoms with Crippen LogP contribution in [0.4, 0.5) is 13.2 Å². The molecule has 92 valence electrons. The van der Waals surface area contributed by atoms with Crippen molar-refractivity contribution in [2.24, 2.45) is 0 Å². The van der Waals surface area contributed by atoms with E-state index in [0.29, 0.717) is 0 Å². The first-order valence-corrected chi connectivity index (χ1v) is 4.58. The van der Waals surface area contributed by atoms with Crippen LogP contribution in [-0.2, 0) is 10.9 Å². The molecular weight excluding hydrogens is 236 g/mol. The summed E-state index contributed by atoms with van der Waals surface area (Å²) in [4.78, 5) is 0. The van der Waals surface area contributed by atoms with Crippen LogP contribution in [0.15, 0.2) is 24.8 Å². The quantitative estimate of drug-likeness (QED) is 0.617. The van der Waals surface area contributed by atoms with Gasteiger partial charge in [-0.25, -0.2) is 0 Å². The molecule has 0 radical (unpaired) electrons. The fourth-order valence-corrected chi connectivity index (χ4v) is 1.31. The van der Waals surface area contributed by atoms with Gasteiger partial charge in [-0.05, 0) is 11.5 Å². The smallest absolute Gasteiger partial charge is 0.489 e. The molecule has 0 atom stereocenters. The number of methoxy groups -OCH3 is 1. The highest BCUT2D eigenvalue weighted by atomic mass is 19.4. The lowest BCUT2D eigenvalue weighted by Crippen LogP contribution is -2.33. The van der Waals surface area contributed by atoms with Crippen molar-refractivity contribution in [2.75, 3.05) is 7.11 Å². The summed E-state index contributed by atoms with van der Waals surface area (Å²) < 4.78 is 42.1. The first-order valence-electron chi connectivity index (χ1n) is 4.58. The molecule has 0 aliphatic heterocycles. The predicted molar refractivity (Wildman–Crippen MR) is 57.3 cm³/mol. The molecule has 7 heteroatoms. The zero-order valence-corrected chi connectivity index (χ0v) is 8.95. The highest BCUT2D eigenvalue weighted by Gasteiger charge is 2.32. The Morgan fingerprint density at radius 3 is 2.35 bits per heavy atom. The van der Waals surface area contributed by atoms with E-state index in [4.69, 9.17) is 14.8 Å². The van der Waals surface area contributed by atoms with Crippen LogP contribution < -0.4 is 5.46 Å². The first kappa shape index (κ1) is 13.6. The van der Waals surface area contributed by atoms with Crippen LogP contribution in [0.3, 0.4) is 0 Å². The van der Waals surface area contributed by atoms with Gasteiger partial charge in [-0.2, -0.15) is 13.2 Å². The Labute approximate surface area is 96.3 Å². The average Bonchev–Trinajstić information content (AvgIpc) is 2.25. The summed E-state index contributed by atoms with van der Waals surface area (Å²) in [6, 6.07) is 2.51. The number of rotatable bonds is 3. The van der Waals surface area contributed by atoms with Crippen LogP contribution >= 0.6 is 0 Å². The second kappa shape index (κ2) is 4.81. The summed E-state index contributed by atoms with van der Waals surface area (Å²) in [5.74, 6) is -0.0702. The first-order chi connectivity index (χ1) is 7.77. The van der Waals surface area contributed by atoms with Crippen molar-refractivity contribution in [1.82, 2.24) is 0 Å². The third-order valence-corrected chi connectivity index (χ3v) is 2.21. The fraction of sp³-hybridized carbons (Fsp3) is 0.200. The van der Waals surface area contributed by atoms with Crippen LogP contribution in [0.25, 0.3) is 5.76 Å². The summed E-state index contributed by atoms with van der Waals surface area (Å²) in [5, 5.41) is 18.0. The molecular formula is C10H10BF3O3. The maximum Gasteiger partial charge on any atom is 0.489 e. The van der Waals surface area contributed by atoms with Crippen molar-refractivity contribution in [1.29, 1.82) is 0 Å². The number of benzene rings is 1. The van der Waals surface area contributed by atoms with Crippen LogP contribution in [0, 0.1) is 0 Å². The van der Waals surface area contributed by atoms with E-state index in [0.717, 1.165) is 18.2 Å². The molecule has 1 rings (SSSR count). The molecule has 1 aromatic rings. The van der Waals surface area contributed by atoms with E-state index in [1.54, 1.807) is 0 Å². The van der Waals surface area contributed by atoms with E-state index in [1.807, 2.05) is 0 Å². The van der Waals surface area contributed by atoms with E-state index in [2.05, 4.69) is 6.58 Å². The van der Waals surface area contributed by atoms with Crippen LogP contribution in [0.5, 0.6) is 0 Å². The zero-order chi connectivity index (χ0) is 13.2. The van der Waals surface area contributed by atoms with Gasteiger partial charge in [-0.3, -0.25) is 0 Å². The van der Waals surface area contributed by atoms with Gasteiger partial charge in [-0.15, -0.1) is 0 Å². The maximum absolute atomic E-state index is 12.5. The third-order valence-electron chi connectivity index (χ3n) is 2.21. The molecule has 2 N–H and O–H groups in total. The summed E-state index contributed by atoms with van der Waals surface area (Å²) in [6.45, 7) is 3.40. The number of halogens is 3. The Bertz CT molecular complexity index is 429. The Morgan fingerprint density at radius 1 is 1.35 bits per heavy atom. The molecule has 0 amide bonds. The number of ether oxygens (including phenoxy) is 1. The standard InChI is InChI=1S/C10H10BF3O3/c1-6(17-2)8-5-7(10(12,13)14)3-4-9(8)11(15)16/h3-5,15-16H,1H2,2H3. The minimum atomic E-state index is -4.51. The SMILES string of the molecule is C=C(OC)c1cc(C(F)(F)F)ccc1B(O)O. The van der Waals surface area contributed by atoms with Gasteiger partial charge in [0, 0.05) is 5.56 Å². The molecule has 0 fully saturated rings. The van der Waals surface area contributed by atoms with Crippen LogP contribution in [-0.4, -0.2) is 24.3 Å². The molecule has 0 unspecified atom stereocenters. The Hall–Kier alpha value is -1.47. The highest BCUT2D eigenvalue weighted by molar-refractivity contribution is 6.59. The van der Waals surface area contributed by atoms with E-state index in [1.165, 1.54) is 7.11 Å². The molecule has 0 heterocycles. The van der Waals surface area contributed by atoms with Gasteiger partial charge in [0.1, 0.15) is 5.76 Å². The van der Waals surface area contributed by atoms with Gasteiger partial charge in [0.05, 0.1) is 12.7 Å². The molecule has 0 saturated carbocycles. The van der Waals surface area contributed by atoms with Gasteiger partial charge in [0.25, 0.3) is 0 Å². The van der Waals surface area contributed by atoms with Gasteiger partial charge in [-0.1, -0.05) is 18.7 Å². The van der Waals surface area contributed by atoms with Gasteiger partial charge in [0.2, 0.25) is 0 Å². The molecule has 1 aromatic carbocycles. The van der Waals surface area contributed by atoms with Crippen molar-refractivity contribution < 1.29 is 28.0 Å². The molecule has 0 aliphatic carbocycles. The van der Waals surface area contributed by atoms with E-state index >= 15 is 0 Å². The summed E-state index contributed by atoms with van der Waals surface area (Å²) in [6.07, 6.45) is -4.51. The van der Waals surface area contributed by atoms with Crippen molar-refractivity contribution >= 4 is 18.3 Å². The topological polar surface area (TPSA) is 49.7 Å². The monoisotopic (exact) mass is 246 g/mol. The van der Waals surface area contributed by atoms with Gasteiger partial charge >= 0.3 is 13.3 Å². The largest absolute Gasteiger partial charge is 0.497 e. The predicted octanol–water partition coefficient (Wildman–Crippen LogP) is 1.00. The molecule has 0 aliphatic rings. The normalized spacial score (nSPS) is 11.2. The van der Waals surface area contributed by atoms with E-state index in [-0.39, 0.29) is 16.8 Å². The number of hydrogen-bond donors (Lipinski definition) is 2. The zero-order valence-electron chi connectivity index (χ0n) is 8.95. The molecule has 0 aromatic heterocycles. The van der Waals surface area contributed by atoms with E-state index < -0.39 is 18.9 Å². The van der Waals surface area contributed by atoms with Crippen molar-refractivity contribution in [3.63, 3.8) is 0 Å². The Kier molecular flexibility index (Phi) is 3.85. The van der Waals surface area contributed by atoms with Crippen molar-refractivity contribution in [3.05, 3.63) is 35.9 Å². The molecule has 0 bridgehead atoms. The minimum absolute atomic E-state index is 0.0702. The lowest BCUT2D eigenvalue weighted by molar-refractivity contribution is -0.137. The lowest BCUT2D eigenvalue weighted by atomic mass is 9.76. The van der Waals surface area contributed by atoms with Crippen molar-refractivity contribution in [2.45, 2.75) is 6.18 Å². The van der Waals surface area contributed by atoms with E-state index in [9.17, 15) is 13.2 Å². The fourth-order valence-electron chi connectivity index (χ4n) is 1.31.